The minimum atomic E-state index is -0.499. The van der Waals surface area contributed by atoms with Crippen LogP contribution in [0.2, 0.25) is 0 Å². The van der Waals surface area contributed by atoms with Crippen LogP contribution < -0.4 is 5.76 Å². The molecule has 66 valence electrons. The van der Waals surface area contributed by atoms with Gasteiger partial charge in [-0.05, 0) is 24.6 Å². The van der Waals surface area contributed by atoms with Gasteiger partial charge in [-0.25, -0.2) is 4.79 Å². The number of benzene rings is 1. The molecule has 0 atom stereocenters. The fourth-order valence-electron chi connectivity index (χ4n) is 1.32. The second-order valence-electron chi connectivity index (χ2n) is 2.84. The largest absolute Gasteiger partial charge is 0.417 e. The zero-order chi connectivity index (χ0) is 9.42. The van der Waals surface area contributed by atoms with Gasteiger partial charge < -0.3 is 4.42 Å². The molecule has 0 saturated carbocycles. The van der Waals surface area contributed by atoms with Gasteiger partial charge in [-0.2, -0.15) is 0 Å². The van der Waals surface area contributed by atoms with Crippen LogP contribution in [0.3, 0.4) is 0 Å². The molecule has 13 heavy (non-hydrogen) atoms. The maximum atomic E-state index is 10.8. The van der Waals surface area contributed by atoms with Gasteiger partial charge in [0.1, 0.15) is 6.29 Å². The minimum absolute atomic E-state index is 0.423. The average Bonchev–Trinajstić information content (AvgIpc) is 2.46. The number of H-pyrrole nitrogens is 1. The Hall–Kier alpha value is -1.84. The van der Waals surface area contributed by atoms with Crippen LogP contribution in [0.15, 0.2) is 21.3 Å². The third kappa shape index (κ3) is 1.16. The Balaban J connectivity index is 2.90. The van der Waals surface area contributed by atoms with E-state index in [1.165, 1.54) is 6.07 Å². The normalized spacial score (nSPS) is 10.5. The summed E-state index contributed by atoms with van der Waals surface area (Å²) in [5.41, 5.74) is 2.40. The average molecular weight is 177 g/mol. The van der Waals surface area contributed by atoms with Gasteiger partial charge in [0.25, 0.3) is 0 Å². The molecule has 0 aliphatic carbocycles. The molecular weight excluding hydrogens is 170 g/mol. The summed E-state index contributed by atoms with van der Waals surface area (Å²) >= 11 is 0. The van der Waals surface area contributed by atoms with Crippen molar-refractivity contribution in [2.24, 2.45) is 0 Å². The van der Waals surface area contributed by atoms with E-state index in [-0.39, 0.29) is 0 Å². The number of aromatic nitrogens is 1. The molecule has 0 radical (unpaired) electrons. The van der Waals surface area contributed by atoms with Crippen LogP contribution in [-0.4, -0.2) is 11.3 Å². The summed E-state index contributed by atoms with van der Waals surface area (Å²) in [7, 11) is 0. The molecule has 0 aliphatic heterocycles. The fraction of sp³-hybridized carbons (Fsp3) is 0.111. The highest BCUT2D eigenvalue weighted by Crippen LogP contribution is 2.16. The van der Waals surface area contributed by atoms with Crippen molar-refractivity contribution in [2.75, 3.05) is 0 Å². The Morgan fingerprint density at radius 1 is 1.46 bits per heavy atom. The van der Waals surface area contributed by atoms with E-state index in [0.717, 1.165) is 11.8 Å². The summed E-state index contributed by atoms with van der Waals surface area (Å²) in [5.74, 6) is -0.499. The van der Waals surface area contributed by atoms with E-state index in [0.29, 0.717) is 16.7 Å². The molecule has 0 bridgehead atoms. The Morgan fingerprint density at radius 3 is 2.92 bits per heavy atom. The highest BCUT2D eigenvalue weighted by atomic mass is 16.4. The molecule has 0 aliphatic rings. The molecule has 4 heteroatoms. The van der Waals surface area contributed by atoms with E-state index in [4.69, 9.17) is 4.42 Å². The maximum absolute atomic E-state index is 10.8. The number of aldehydes is 1. The number of oxazole rings is 1. The zero-order valence-electron chi connectivity index (χ0n) is 6.96. The molecule has 1 aromatic heterocycles. The molecule has 4 nitrogen and oxygen atoms in total. The SMILES string of the molecule is Cc1cc(C=O)cc2oc(=O)[nH]c12. The molecule has 0 fully saturated rings. The molecule has 1 heterocycles. The van der Waals surface area contributed by atoms with E-state index in [1.54, 1.807) is 13.0 Å². The number of aryl methyl sites for hydroxylation is 1. The summed E-state index contributed by atoms with van der Waals surface area (Å²) in [5, 5.41) is 0. The first-order chi connectivity index (χ1) is 6.20. The van der Waals surface area contributed by atoms with Crippen molar-refractivity contribution in [2.45, 2.75) is 6.92 Å². The van der Waals surface area contributed by atoms with Gasteiger partial charge in [-0.15, -0.1) is 0 Å². The molecule has 1 N–H and O–H groups in total. The van der Waals surface area contributed by atoms with E-state index >= 15 is 0 Å². The molecule has 0 unspecified atom stereocenters. The lowest BCUT2D eigenvalue weighted by Gasteiger charge is -1.94. The topological polar surface area (TPSA) is 63.1 Å². The van der Waals surface area contributed by atoms with Gasteiger partial charge in [-0.1, -0.05) is 0 Å². The number of aromatic amines is 1. The lowest BCUT2D eigenvalue weighted by atomic mass is 10.1. The highest BCUT2D eigenvalue weighted by molar-refractivity contribution is 5.85. The molecular formula is C9H7NO3. The van der Waals surface area contributed by atoms with Crippen molar-refractivity contribution in [3.05, 3.63) is 33.8 Å². The number of carbonyl (C=O) groups is 1. The molecule has 0 spiro atoms. The summed E-state index contributed by atoms with van der Waals surface area (Å²) in [4.78, 5) is 23.8. The number of carbonyl (C=O) groups excluding carboxylic acids is 1. The molecule has 1 aromatic carbocycles. The lowest BCUT2D eigenvalue weighted by Crippen LogP contribution is -1.93. The van der Waals surface area contributed by atoms with Crippen molar-refractivity contribution in [3.8, 4) is 0 Å². The number of hydrogen-bond donors (Lipinski definition) is 1. The van der Waals surface area contributed by atoms with Crippen molar-refractivity contribution in [1.82, 2.24) is 4.98 Å². The van der Waals surface area contributed by atoms with Crippen LogP contribution in [0.5, 0.6) is 0 Å². The number of rotatable bonds is 1. The highest BCUT2D eigenvalue weighted by Gasteiger charge is 2.05. The van der Waals surface area contributed by atoms with Crippen LogP contribution >= 0.6 is 0 Å². The fourth-order valence-corrected chi connectivity index (χ4v) is 1.32. The standard InChI is InChI=1S/C9H7NO3/c1-5-2-6(4-11)3-7-8(5)10-9(12)13-7/h2-4H,1H3,(H,10,12). The monoisotopic (exact) mass is 177 g/mol. The van der Waals surface area contributed by atoms with Crippen LogP contribution in [0, 0.1) is 6.92 Å². The summed E-state index contributed by atoms with van der Waals surface area (Å²) < 4.78 is 4.82. The van der Waals surface area contributed by atoms with Gasteiger partial charge in [0.2, 0.25) is 0 Å². The van der Waals surface area contributed by atoms with Crippen LogP contribution in [0.25, 0.3) is 11.1 Å². The van der Waals surface area contributed by atoms with Crippen molar-refractivity contribution < 1.29 is 9.21 Å². The van der Waals surface area contributed by atoms with Gasteiger partial charge in [0, 0.05) is 5.56 Å². The smallest absolute Gasteiger partial charge is 0.408 e. The van der Waals surface area contributed by atoms with Crippen molar-refractivity contribution >= 4 is 17.4 Å². The first kappa shape index (κ1) is 7.79. The predicted molar refractivity (Wildman–Crippen MR) is 47.0 cm³/mol. The molecule has 0 amide bonds. The van der Waals surface area contributed by atoms with Gasteiger partial charge in [0.15, 0.2) is 5.58 Å². The summed E-state index contributed by atoms with van der Waals surface area (Å²) in [6.07, 6.45) is 0.722. The quantitative estimate of drug-likeness (QED) is 0.666. The Bertz CT molecular complexity index is 521. The van der Waals surface area contributed by atoms with Gasteiger partial charge in [-0.3, -0.25) is 9.78 Å². The van der Waals surface area contributed by atoms with Gasteiger partial charge in [0.05, 0.1) is 5.52 Å². The van der Waals surface area contributed by atoms with Gasteiger partial charge >= 0.3 is 5.76 Å². The lowest BCUT2D eigenvalue weighted by molar-refractivity contribution is 0.112. The van der Waals surface area contributed by atoms with Crippen molar-refractivity contribution in [1.29, 1.82) is 0 Å². The molecule has 0 saturated heterocycles. The first-order valence-electron chi connectivity index (χ1n) is 3.79. The Labute approximate surface area is 73.2 Å². The Kier molecular flexibility index (Phi) is 1.55. The predicted octanol–water partition coefficient (Wildman–Crippen LogP) is 1.24. The number of nitrogens with one attached hydrogen (secondary N) is 1. The first-order valence-corrected chi connectivity index (χ1v) is 3.79. The molecule has 2 aromatic rings. The molecule has 2 rings (SSSR count). The minimum Gasteiger partial charge on any atom is -0.408 e. The summed E-state index contributed by atoms with van der Waals surface area (Å²) in [6, 6.07) is 3.23. The third-order valence-electron chi connectivity index (χ3n) is 1.89. The number of hydrogen-bond acceptors (Lipinski definition) is 3. The second-order valence-corrected chi connectivity index (χ2v) is 2.84. The van der Waals surface area contributed by atoms with E-state index in [1.807, 2.05) is 0 Å². The van der Waals surface area contributed by atoms with E-state index in [9.17, 15) is 9.59 Å². The second kappa shape index (κ2) is 2.58. The van der Waals surface area contributed by atoms with Crippen molar-refractivity contribution in [3.63, 3.8) is 0 Å². The number of fused-ring (bicyclic) bond motifs is 1. The van der Waals surface area contributed by atoms with E-state index in [2.05, 4.69) is 4.98 Å². The zero-order valence-corrected chi connectivity index (χ0v) is 6.96. The van der Waals surface area contributed by atoms with E-state index < -0.39 is 5.76 Å². The Morgan fingerprint density at radius 2 is 2.23 bits per heavy atom. The summed E-state index contributed by atoms with van der Waals surface area (Å²) in [6.45, 7) is 1.81. The van der Waals surface area contributed by atoms with Crippen LogP contribution in [0.4, 0.5) is 0 Å². The van der Waals surface area contributed by atoms with Crippen LogP contribution in [0.1, 0.15) is 15.9 Å². The maximum Gasteiger partial charge on any atom is 0.417 e. The van der Waals surface area contributed by atoms with Crippen LogP contribution in [-0.2, 0) is 0 Å². The third-order valence-corrected chi connectivity index (χ3v) is 1.89.